The number of aromatic nitrogens is 2. The van der Waals surface area contributed by atoms with E-state index in [9.17, 15) is 0 Å². The second kappa shape index (κ2) is 5.09. The molecule has 0 saturated heterocycles. The first-order valence-corrected chi connectivity index (χ1v) is 7.53. The molecule has 0 N–H and O–H groups in total. The van der Waals surface area contributed by atoms with Crippen molar-refractivity contribution in [2.75, 3.05) is 0 Å². The molecule has 2 aromatic carbocycles. The molecule has 0 aliphatic carbocycles. The summed E-state index contributed by atoms with van der Waals surface area (Å²) in [6, 6.07) is 14.1. The lowest BCUT2D eigenvalue weighted by Gasteiger charge is -1.95. The van der Waals surface area contributed by atoms with Gasteiger partial charge in [0, 0.05) is 16.5 Å². The number of rotatable bonds is 2. The molecule has 0 atom stereocenters. The number of nitrogens with zero attached hydrogens (tertiary/aromatic N) is 2. The first kappa shape index (κ1) is 13.8. The predicted octanol–water partition coefficient (Wildman–Crippen LogP) is 5.08. The Morgan fingerprint density at radius 3 is 2.57 bits per heavy atom. The van der Waals surface area contributed by atoms with Gasteiger partial charge in [-0.05, 0) is 45.0 Å². The van der Waals surface area contributed by atoms with Gasteiger partial charge in [0.15, 0.2) is 5.76 Å². The fourth-order valence-corrected chi connectivity index (χ4v) is 2.76. The van der Waals surface area contributed by atoms with Gasteiger partial charge in [-0.15, -0.1) is 0 Å². The lowest BCUT2D eigenvalue weighted by Crippen LogP contribution is -1.82. The third kappa shape index (κ3) is 2.32. The van der Waals surface area contributed by atoms with Crippen molar-refractivity contribution in [3.05, 3.63) is 59.2 Å². The minimum atomic E-state index is 0.479. The number of hydrogen-bond donors (Lipinski definition) is 0. The molecule has 0 aliphatic heterocycles. The van der Waals surface area contributed by atoms with Crippen molar-refractivity contribution in [1.82, 2.24) is 10.1 Å². The number of furan rings is 1. The Morgan fingerprint density at radius 2 is 1.74 bits per heavy atom. The average molecular weight is 304 g/mol. The molecule has 0 radical (unpaired) electrons. The monoisotopic (exact) mass is 304 g/mol. The van der Waals surface area contributed by atoms with Gasteiger partial charge in [0.25, 0.3) is 5.89 Å². The first-order chi connectivity index (χ1) is 11.1. The predicted molar refractivity (Wildman–Crippen MR) is 89.2 cm³/mol. The van der Waals surface area contributed by atoms with Crippen LogP contribution in [0.4, 0.5) is 0 Å². The zero-order chi connectivity index (χ0) is 16.0. The largest absolute Gasteiger partial charge is 0.452 e. The van der Waals surface area contributed by atoms with Crippen molar-refractivity contribution in [2.45, 2.75) is 20.8 Å². The number of benzene rings is 2. The highest BCUT2D eigenvalue weighted by atomic mass is 16.5. The smallest absolute Gasteiger partial charge is 0.258 e. The van der Waals surface area contributed by atoms with Crippen molar-refractivity contribution in [2.24, 2.45) is 0 Å². The van der Waals surface area contributed by atoms with E-state index in [0.717, 1.165) is 27.7 Å². The fourth-order valence-electron chi connectivity index (χ4n) is 2.76. The van der Waals surface area contributed by atoms with E-state index < -0.39 is 0 Å². The molecule has 114 valence electrons. The molecule has 4 heteroatoms. The molecule has 2 heterocycles. The van der Waals surface area contributed by atoms with Crippen molar-refractivity contribution in [3.63, 3.8) is 0 Å². The molecule has 4 aromatic rings. The molecule has 0 amide bonds. The highest BCUT2D eigenvalue weighted by Crippen LogP contribution is 2.33. The molecular weight excluding hydrogens is 288 g/mol. The van der Waals surface area contributed by atoms with Crippen molar-refractivity contribution in [1.29, 1.82) is 0 Å². The van der Waals surface area contributed by atoms with Crippen LogP contribution in [0.1, 0.15) is 16.7 Å². The lowest BCUT2D eigenvalue weighted by molar-refractivity contribution is 0.430. The second-order valence-electron chi connectivity index (χ2n) is 5.85. The lowest BCUT2D eigenvalue weighted by atomic mass is 10.1. The fraction of sp³-hybridized carbons (Fsp3) is 0.158. The van der Waals surface area contributed by atoms with Crippen LogP contribution >= 0.6 is 0 Å². The minimum absolute atomic E-state index is 0.479. The summed E-state index contributed by atoms with van der Waals surface area (Å²) in [6.45, 7) is 6.12. The van der Waals surface area contributed by atoms with E-state index in [2.05, 4.69) is 23.1 Å². The van der Waals surface area contributed by atoms with E-state index in [-0.39, 0.29) is 0 Å². The molecule has 0 spiro atoms. The van der Waals surface area contributed by atoms with Crippen molar-refractivity contribution < 1.29 is 8.94 Å². The number of hydrogen-bond acceptors (Lipinski definition) is 4. The number of fused-ring (bicyclic) bond motifs is 1. The summed E-state index contributed by atoms with van der Waals surface area (Å²) in [4.78, 5) is 4.50. The Morgan fingerprint density at radius 1 is 0.913 bits per heavy atom. The zero-order valence-electron chi connectivity index (χ0n) is 13.3. The van der Waals surface area contributed by atoms with Gasteiger partial charge in [0.1, 0.15) is 5.58 Å². The Bertz CT molecular complexity index is 1010. The molecular formula is C19H16N2O2. The second-order valence-corrected chi connectivity index (χ2v) is 5.85. The number of aryl methyl sites for hydroxylation is 3. The maximum absolute atomic E-state index is 5.93. The van der Waals surface area contributed by atoms with Gasteiger partial charge >= 0.3 is 0 Å². The molecule has 0 aliphatic rings. The Hall–Kier alpha value is -2.88. The maximum Gasteiger partial charge on any atom is 0.258 e. The van der Waals surface area contributed by atoms with Gasteiger partial charge in [-0.25, -0.2) is 0 Å². The molecule has 4 nitrogen and oxygen atoms in total. The average Bonchev–Trinajstić information content (AvgIpc) is 3.13. The maximum atomic E-state index is 5.93. The van der Waals surface area contributed by atoms with Gasteiger partial charge in [-0.3, -0.25) is 0 Å². The SMILES string of the molecule is Cc1cccc(-c2nc(-c3oc4ccc(C)cc4c3C)no2)c1. The van der Waals surface area contributed by atoms with Gasteiger partial charge in [0.2, 0.25) is 5.82 Å². The standard InChI is InChI=1S/C19H16N2O2/c1-11-5-4-6-14(9-11)19-20-18(21-23-19)17-13(3)15-10-12(2)7-8-16(15)22-17/h4-10H,1-3H3. The van der Waals surface area contributed by atoms with Crippen LogP contribution in [0.3, 0.4) is 0 Å². The molecule has 0 fully saturated rings. The van der Waals surface area contributed by atoms with Crippen LogP contribution in [0.25, 0.3) is 34.0 Å². The van der Waals surface area contributed by atoms with Gasteiger partial charge in [-0.1, -0.05) is 34.5 Å². The summed E-state index contributed by atoms with van der Waals surface area (Å²) < 4.78 is 11.3. The van der Waals surface area contributed by atoms with E-state index >= 15 is 0 Å². The molecule has 4 rings (SSSR count). The Balaban J connectivity index is 1.82. The van der Waals surface area contributed by atoms with Crippen molar-refractivity contribution in [3.8, 4) is 23.0 Å². The van der Waals surface area contributed by atoms with Crippen LogP contribution in [0.15, 0.2) is 51.4 Å². The molecule has 0 saturated carbocycles. The van der Waals surface area contributed by atoms with Crippen LogP contribution < -0.4 is 0 Å². The Kier molecular flexibility index (Phi) is 3.05. The summed E-state index contributed by atoms with van der Waals surface area (Å²) in [5.74, 6) is 1.64. The molecule has 0 unspecified atom stereocenters. The van der Waals surface area contributed by atoms with E-state index in [1.54, 1.807) is 0 Å². The third-order valence-corrected chi connectivity index (χ3v) is 3.99. The topological polar surface area (TPSA) is 52.1 Å². The van der Waals surface area contributed by atoms with Crippen molar-refractivity contribution >= 4 is 11.0 Å². The molecule has 0 bridgehead atoms. The molecule has 2 aromatic heterocycles. The van der Waals surface area contributed by atoms with Crippen LogP contribution in [-0.4, -0.2) is 10.1 Å². The molecule has 23 heavy (non-hydrogen) atoms. The summed E-state index contributed by atoms with van der Waals surface area (Å²) in [6.07, 6.45) is 0. The van der Waals surface area contributed by atoms with E-state index in [1.165, 1.54) is 5.56 Å². The van der Waals surface area contributed by atoms with Crippen LogP contribution in [0.5, 0.6) is 0 Å². The summed E-state index contributed by atoms with van der Waals surface area (Å²) >= 11 is 0. The minimum Gasteiger partial charge on any atom is -0.452 e. The highest BCUT2D eigenvalue weighted by molar-refractivity contribution is 5.87. The zero-order valence-corrected chi connectivity index (χ0v) is 13.3. The third-order valence-electron chi connectivity index (χ3n) is 3.99. The van der Waals surface area contributed by atoms with Crippen LogP contribution in [0, 0.1) is 20.8 Å². The highest BCUT2D eigenvalue weighted by Gasteiger charge is 2.18. The summed E-state index contributed by atoms with van der Waals surface area (Å²) in [7, 11) is 0. The first-order valence-electron chi connectivity index (χ1n) is 7.53. The van der Waals surface area contributed by atoms with E-state index in [0.29, 0.717) is 17.5 Å². The van der Waals surface area contributed by atoms with Gasteiger partial charge in [-0.2, -0.15) is 4.98 Å². The van der Waals surface area contributed by atoms with Crippen LogP contribution in [-0.2, 0) is 0 Å². The van der Waals surface area contributed by atoms with Crippen LogP contribution in [0.2, 0.25) is 0 Å². The summed E-state index contributed by atoms with van der Waals surface area (Å²) in [5.41, 5.74) is 5.12. The van der Waals surface area contributed by atoms with E-state index in [1.807, 2.05) is 50.2 Å². The summed E-state index contributed by atoms with van der Waals surface area (Å²) in [5, 5.41) is 5.18. The van der Waals surface area contributed by atoms with Gasteiger partial charge in [0.05, 0.1) is 0 Å². The van der Waals surface area contributed by atoms with Gasteiger partial charge < -0.3 is 8.94 Å². The Labute approximate surface area is 133 Å². The van der Waals surface area contributed by atoms with E-state index in [4.69, 9.17) is 8.94 Å². The quantitative estimate of drug-likeness (QED) is 0.518. The normalized spacial score (nSPS) is 11.3.